The van der Waals surface area contributed by atoms with Crippen LogP contribution >= 0.6 is 11.8 Å². The van der Waals surface area contributed by atoms with E-state index in [9.17, 15) is 4.79 Å². The molecule has 0 unspecified atom stereocenters. The number of nitrogens with two attached hydrogens (primary N) is 1. The van der Waals surface area contributed by atoms with E-state index in [1.54, 1.807) is 6.07 Å². The van der Waals surface area contributed by atoms with E-state index in [0.717, 1.165) is 0 Å². The summed E-state index contributed by atoms with van der Waals surface area (Å²) >= 11 is 1.37. The predicted molar refractivity (Wildman–Crippen MR) is 62.1 cm³/mol. The summed E-state index contributed by atoms with van der Waals surface area (Å²) in [5.74, 6) is 0.553. The Balaban J connectivity index is 2.55. The molecule has 0 spiro atoms. The van der Waals surface area contributed by atoms with Crippen LogP contribution < -0.4 is 11.3 Å². The van der Waals surface area contributed by atoms with Gasteiger partial charge in [0.1, 0.15) is 0 Å². The van der Waals surface area contributed by atoms with Gasteiger partial charge in [0.15, 0.2) is 11.0 Å². The van der Waals surface area contributed by atoms with Gasteiger partial charge >= 0.3 is 0 Å². The fourth-order valence-electron chi connectivity index (χ4n) is 1.18. The van der Waals surface area contributed by atoms with Gasteiger partial charge in [-0.2, -0.15) is 9.97 Å². The Morgan fingerprint density at radius 3 is 2.88 bits per heavy atom. The average Bonchev–Trinajstić information content (AvgIpc) is 2.28. The van der Waals surface area contributed by atoms with Gasteiger partial charge in [-0.3, -0.25) is 4.79 Å². The minimum atomic E-state index is -0.206. The maximum absolute atomic E-state index is 11.1. The summed E-state index contributed by atoms with van der Waals surface area (Å²) in [5, 5.41) is 0.530. The summed E-state index contributed by atoms with van der Waals surface area (Å²) in [5.41, 5.74) is 5.96. The van der Waals surface area contributed by atoms with E-state index in [1.807, 2.05) is 6.26 Å². The van der Waals surface area contributed by atoms with E-state index in [1.165, 1.54) is 24.0 Å². The van der Waals surface area contributed by atoms with Crippen LogP contribution in [-0.4, -0.2) is 26.2 Å². The van der Waals surface area contributed by atoms with Crippen molar-refractivity contribution in [2.75, 3.05) is 12.0 Å². The van der Waals surface area contributed by atoms with Crippen LogP contribution in [0.1, 0.15) is 0 Å². The standard InChI is InChI=1S/C9H9N5OS/c1-16-9-13-7(12-8(10)14-9)5-2-3-11-6(15)4-5/h2-4H,1H3,(H,11,15)(H2,10,12,13,14). The second kappa shape index (κ2) is 4.31. The van der Waals surface area contributed by atoms with Crippen LogP contribution in [-0.2, 0) is 0 Å². The van der Waals surface area contributed by atoms with Crippen LogP contribution in [0.4, 0.5) is 5.95 Å². The molecule has 0 aliphatic rings. The smallest absolute Gasteiger partial charge is 0.248 e. The third kappa shape index (κ3) is 2.19. The van der Waals surface area contributed by atoms with Crippen molar-refractivity contribution in [3.8, 4) is 11.4 Å². The SMILES string of the molecule is CSc1nc(N)nc(-c2cc[nH]c(=O)c2)n1. The molecule has 0 aliphatic heterocycles. The first-order chi connectivity index (χ1) is 7.69. The van der Waals surface area contributed by atoms with Crippen LogP contribution in [0.15, 0.2) is 28.3 Å². The molecule has 0 radical (unpaired) electrons. The molecule has 0 aromatic carbocycles. The molecule has 0 fully saturated rings. The third-order valence-corrected chi connectivity index (χ3v) is 2.40. The Morgan fingerprint density at radius 2 is 2.19 bits per heavy atom. The minimum absolute atomic E-state index is 0.148. The number of aromatic amines is 1. The molecular formula is C9H9N5OS. The largest absolute Gasteiger partial charge is 0.368 e. The number of hydrogen-bond donors (Lipinski definition) is 2. The van der Waals surface area contributed by atoms with Crippen molar-refractivity contribution in [3.63, 3.8) is 0 Å². The van der Waals surface area contributed by atoms with Gasteiger partial charge in [-0.1, -0.05) is 11.8 Å². The Hall–Kier alpha value is -1.89. The number of hydrogen-bond acceptors (Lipinski definition) is 6. The molecule has 16 heavy (non-hydrogen) atoms. The second-order valence-corrected chi connectivity index (χ2v) is 3.72. The first kappa shape index (κ1) is 10.6. The van der Waals surface area contributed by atoms with Gasteiger partial charge in [-0.05, 0) is 12.3 Å². The van der Waals surface area contributed by atoms with Gasteiger partial charge in [0, 0.05) is 17.8 Å². The summed E-state index contributed by atoms with van der Waals surface area (Å²) in [6, 6.07) is 3.12. The topological polar surface area (TPSA) is 97.5 Å². The van der Waals surface area contributed by atoms with E-state index in [0.29, 0.717) is 16.5 Å². The van der Waals surface area contributed by atoms with Gasteiger partial charge in [-0.15, -0.1) is 0 Å². The van der Waals surface area contributed by atoms with Crippen molar-refractivity contribution in [2.24, 2.45) is 0 Å². The van der Waals surface area contributed by atoms with Crippen LogP contribution in [0.25, 0.3) is 11.4 Å². The van der Waals surface area contributed by atoms with Crippen LogP contribution in [0, 0.1) is 0 Å². The summed E-state index contributed by atoms with van der Waals surface area (Å²) in [6.45, 7) is 0. The van der Waals surface area contributed by atoms with Crippen molar-refractivity contribution >= 4 is 17.7 Å². The van der Waals surface area contributed by atoms with Crippen LogP contribution in [0.5, 0.6) is 0 Å². The zero-order valence-corrected chi connectivity index (χ0v) is 9.28. The van der Waals surface area contributed by atoms with Crippen molar-refractivity contribution < 1.29 is 0 Å². The number of pyridine rings is 1. The molecule has 0 bridgehead atoms. The van der Waals surface area contributed by atoms with Crippen molar-refractivity contribution in [2.45, 2.75) is 5.16 Å². The molecule has 2 rings (SSSR count). The number of aromatic nitrogens is 4. The van der Waals surface area contributed by atoms with Gasteiger partial charge in [0.05, 0.1) is 0 Å². The fraction of sp³-hybridized carbons (Fsp3) is 0.111. The molecule has 0 atom stereocenters. The van der Waals surface area contributed by atoms with Crippen molar-refractivity contribution in [1.82, 2.24) is 19.9 Å². The number of thioether (sulfide) groups is 1. The lowest BCUT2D eigenvalue weighted by Gasteiger charge is -2.02. The zero-order chi connectivity index (χ0) is 11.5. The Bertz CT molecular complexity index is 568. The number of nitrogens with zero attached hydrogens (tertiary/aromatic N) is 3. The molecule has 2 aromatic heterocycles. The number of nitrogen functional groups attached to an aromatic ring is 1. The van der Waals surface area contributed by atoms with Crippen LogP contribution in [0.2, 0.25) is 0 Å². The highest BCUT2D eigenvalue weighted by Crippen LogP contribution is 2.16. The van der Waals surface area contributed by atoms with Gasteiger partial charge in [0.2, 0.25) is 11.5 Å². The molecule has 6 nitrogen and oxygen atoms in total. The minimum Gasteiger partial charge on any atom is -0.368 e. The maximum atomic E-state index is 11.1. The molecule has 0 amide bonds. The normalized spacial score (nSPS) is 10.3. The molecule has 0 saturated carbocycles. The van der Waals surface area contributed by atoms with E-state index < -0.39 is 0 Å². The van der Waals surface area contributed by atoms with E-state index in [4.69, 9.17) is 5.73 Å². The highest BCUT2D eigenvalue weighted by molar-refractivity contribution is 7.98. The highest BCUT2D eigenvalue weighted by atomic mass is 32.2. The molecule has 2 heterocycles. The first-order valence-electron chi connectivity index (χ1n) is 4.43. The molecule has 0 saturated heterocycles. The molecule has 3 N–H and O–H groups in total. The predicted octanol–water partition coefficient (Wildman–Crippen LogP) is 0.531. The Labute approximate surface area is 95.4 Å². The first-order valence-corrected chi connectivity index (χ1v) is 5.66. The second-order valence-electron chi connectivity index (χ2n) is 2.95. The summed E-state index contributed by atoms with van der Waals surface area (Å²) in [6.07, 6.45) is 3.38. The third-order valence-electron chi connectivity index (χ3n) is 1.85. The van der Waals surface area contributed by atoms with E-state index >= 15 is 0 Å². The molecular weight excluding hydrogens is 226 g/mol. The molecule has 0 aliphatic carbocycles. The van der Waals surface area contributed by atoms with Crippen LogP contribution in [0.3, 0.4) is 0 Å². The lowest BCUT2D eigenvalue weighted by Crippen LogP contribution is -2.05. The number of rotatable bonds is 2. The van der Waals surface area contributed by atoms with Gasteiger partial charge < -0.3 is 10.7 Å². The Kier molecular flexibility index (Phi) is 2.86. The van der Waals surface area contributed by atoms with Crippen molar-refractivity contribution in [3.05, 3.63) is 28.7 Å². The number of anilines is 1. The highest BCUT2D eigenvalue weighted by Gasteiger charge is 2.06. The molecule has 7 heteroatoms. The number of nitrogens with one attached hydrogen (secondary N) is 1. The summed E-state index contributed by atoms with van der Waals surface area (Å²) < 4.78 is 0. The van der Waals surface area contributed by atoms with Gasteiger partial charge in [-0.25, -0.2) is 4.98 Å². The van der Waals surface area contributed by atoms with Crippen molar-refractivity contribution in [1.29, 1.82) is 0 Å². The monoisotopic (exact) mass is 235 g/mol. The lowest BCUT2D eigenvalue weighted by molar-refractivity contribution is 0.926. The zero-order valence-electron chi connectivity index (χ0n) is 8.47. The average molecular weight is 235 g/mol. The van der Waals surface area contributed by atoms with Gasteiger partial charge in [0.25, 0.3) is 0 Å². The summed E-state index contributed by atoms with van der Waals surface area (Å²) in [7, 11) is 0. The Morgan fingerprint density at radius 1 is 1.38 bits per heavy atom. The molecule has 2 aromatic rings. The van der Waals surface area contributed by atoms with E-state index in [2.05, 4.69) is 19.9 Å². The maximum Gasteiger partial charge on any atom is 0.248 e. The summed E-state index contributed by atoms with van der Waals surface area (Å²) in [4.78, 5) is 25.7. The number of H-pyrrole nitrogens is 1. The lowest BCUT2D eigenvalue weighted by atomic mass is 10.2. The fourth-order valence-corrected chi connectivity index (χ4v) is 1.54. The quantitative estimate of drug-likeness (QED) is 0.737. The molecule has 82 valence electrons. The van der Waals surface area contributed by atoms with E-state index in [-0.39, 0.29) is 11.5 Å².